The van der Waals surface area contributed by atoms with Gasteiger partial charge >= 0.3 is 0 Å². The minimum absolute atomic E-state index is 0.0900. The lowest BCUT2D eigenvalue weighted by molar-refractivity contribution is 0.418. The van der Waals surface area contributed by atoms with Gasteiger partial charge in [0.15, 0.2) is 5.82 Å². The van der Waals surface area contributed by atoms with E-state index in [1.807, 2.05) is 25.3 Å². The van der Waals surface area contributed by atoms with Gasteiger partial charge in [-0.1, -0.05) is 23.7 Å². The molecular weight excluding hydrogens is 468 g/mol. The summed E-state index contributed by atoms with van der Waals surface area (Å²) in [5, 5.41) is 7.83. The molecule has 3 heterocycles. The Kier molecular flexibility index (Phi) is 12.4. The predicted molar refractivity (Wildman–Crippen MR) is 157 cm³/mol. The second kappa shape index (κ2) is 15.0. The lowest BCUT2D eigenvalue weighted by Crippen LogP contribution is -2.49. The Morgan fingerprint density at radius 2 is 1.94 bits per heavy atom. The zero-order valence-electron chi connectivity index (χ0n) is 23.1. The van der Waals surface area contributed by atoms with Gasteiger partial charge in [-0.05, 0) is 96.4 Å². The maximum absolute atomic E-state index is 6.13. The first-order chi connectivity index (χ1) is 17.3. The van der Waals surface area contributed by atoms with Crippen molar-refractivity contribution in [3.8, 4) is 0 Å². The summed E-state index contributed by atoms with van der Waals surface area (Å²) in [6.07, 6.45) is 6.79. The topological polar surface area (TPSA) is 56.3 Å². The van der Waals surface area contributed by atoms with Gasteiger partial charge in [0.25, 0.3) is 0 Å². The number of piperazine rings is 1. The minimum atomic E-state index is 0.0900. The Bertz CT molecular complexity index is 986. The van der Waals surface area contributed by atoms with E-state index in [2.05, 4.69) is 80.5 Å². The third kappa shape index (κ3) is 8.61. The molecule has 2 saturated heterocycles. The van der Waals surface area contributed by atoms with Crippen molar-refractivity contribution in [3.63, 3.8) is 0 Å². The lowest BCUT2D eigenvalue weighted by atomic mass is 10.0. The number of anilines is 2. The van der Waals surface area contributed by atoms with Crippen LogP contribution in [-0.2, 0) is 0 Å². The molecule has 0 radical (unpaired) electrons. The van der Waals surface area contributed by atoms with Crippen molar-refractivity contribution in [2.75, 3.05) is 50.0 Å². The number of hydrogen-bond donors (Lipinski definition) is 2. The van der Waals surface area contributed by atoms with Gasteiger partial charge in [-0.25, -0.2) is 9.97 Å². The third-order valence-corrected chi connectivity index (χ3v) is 6.88. The molecule has 7 heteroatoms. The fraction of sp³-hybridized carbons (Fsp3) is 0.517. The molecule has 0 amide bonds. The number of hydrogen-bond acceptors (Lipinski definition) is 6. The summed E-state index contributed by atoms with van der Waals surface area (Å²) in [6.45, 7) is 22.0. The fourth-order valence-electron chi connectivity index (χ4n) is 4.48. The summed E-state index contributed by atoms with van der Waals surface area (Å²) in [5.74, 6) is 1.74. The van der Waals surface area contributed by atoms with Gasteiger partial charge in [0, 0.05) is 30.7 Å². The zero-order chi connectivity index (χ0) is 26.7. The summed E-state index contributed by atoms with van der Waals surface area (Å²) in [5.41, 5.74) is 4.37. The van der Waals surface area contributed by atoms with Crippen molar-refractivity contribution in [1.29, 1.82) is 0 Å². The van der Waals surface area contributed by atoms with Crippen molar-refractivity contribution in [3.05, 3.63) is 65.5 Å². The largest absolute Gasteiger partial charge is 0.362 e. The van der Waals surface area contributed by atoms with Gasteiger partial charge in [0.05, 0.1) is 12.2 Å². The maximum atomic E-state index is 6.13. The standard InChI is InChI=1S/C22H30ClN5.C5H11N.C2H4/c1-6-14(2)21-22(26-17(5)19-8-7-18(23)11-15(19)3)27-20(12-25-21)28-10-9-24-16(4)13-28;1-6-4-2-3-5-6;1-2/h6-8,11-12,16-17,24H,9-10,13H2,1-5H3,(H,26,27);2-5H2,1H3;1-2H2. The molecule has 36 heavy (non-hydrogen) atoms. The minimum Gasteiger partial charge on any atom is -0.362 e. The van der Waals surface area contributed by atoms with E-state index < -0.39 is 0 Å². The SMILES string of the molecule is C=C.CC=C(C)c1ncc(N2CCNC(C)C2)nc1NC(C)c1ccc(Cl)cc1C.CN1CCCC1. The molecule has 0 saturated carbocycles. The van der Waals surface area contributed by atoms with E-state index in [9.17, 15) is 0 Å². The van der Waals surface area contributed by atoms with Gasteiger partial charge in [0.2, 0.25) is 0 Å². The van der Waals surface area contributed by atoms with Crippen LogP contribution in [0.3, 0.4) is 0 Å². The molecule has 2 atom stereocenters. The van der Waals surface area contributed by atoms with E-state index >= 15 is 0 Å². The quantitative estimate of drug-likeness (QED) is 0.455. The normalized spacial score (nSPS) is 19.0. The maximum Gasteiger partial charge on any atom is 0.155 e. The van der Waals surface area contributed by atoms with Gasteiger partial charge < -0.3 is 20.4 Å². The average molecular weight is 513 g/mol. The Morgan fingerprint density at radius 3 is 2.50 bits per heavy atom. The number of rotatable bonds is 5. The average Bonchev–Trinajstić information content (AvgIpc) is 3.36. The van der Waals surface area contributed by atoms with Gasteiger partial charge in [-0.2, -0.15) is 0 Å². The van der Waals surface area contributed by atoms with Gasteiger partial charge in [0.1, 0.15) is 11.5 Å². The molecule has 1 aromatic carbocycles. The lowest BCUT2D eigenvalue weighted by Gasteiger charge is -2.33. The Balaban J connectivity index is 0.000000491. The molecule has 2 aromatic rings. The molecular formula is C29H45ClN6. The highest BCUT2D eigenvalue weighted by Crippen LogP contribution is 2.29. The van der Waals surface area contributed by atoms with Crippen molar-refractivity contribution in [2.24, 2.45) is 0 Å². The highest BCUT2D eigenvalue weighted by molar-refractivity contribution is 6.30. The molecule has 2 N–H and O–H groups in total. The Labute approximate surface area is 223 Å². The molecule has 2 aliphatic heterocycles. The molecule has 0 aliphatic carbocycles. The molecule has 1 aromatic heterocycles. The molecule has 198 valence electrons. The van der Waals surface area contributed by atoms with Crippen molar-refractivity contribution in [1.82, 2.24) is 20.2 Å². The fourth-order valence-corrected chi connectivity index (χ4v) is 4.71. The summed E-state index contributed by atoms with van der Waals surface area (Å²) in [6, 6.07) is 6.54. The first-order valence-electron chi connectivity index (χ1n) is 13.0. The monoisotopic (exact) mass is 512 g/mol. The second-order valence-electron chi connectivity index (χ2n) is 9.58. The van der Waals surface area contributed by atoms with Crippen molar-refractivity contribution < 1.29 is 0 Å². The first kappa shape index (κ1) is 29.8. The molecule has 2 unspecified atom stereocenters. The van der Waals surface area contributed by atoms with E-state index in [0.717, 1.165) is 53.1 Å². The van der Waals surface area contributed by atoms with Crippen LogP contribution < -0.4 is 15.5 Å². The van der Waals surface area contributed by atoms with Crippen LogP contribution >= 0.6 is 11.6 Å². The van der Waals surface area contributed by atoms with E-state index in [1.165, 1.54) is 31.5 Å². The van der Waals surface area contributed by atoms with E-state index in [0.29, 0.717) is 6.04 Å². The van der Waals surface area contributed by atoms with Crippen LogP contribution in [0.4, 0.5) is 11.6 Å². The van der Waals surface area contributed by atoms with Crippen LogP contribution in [0, 0.1) is 6.92 Å². The second-order valence-corrected chi connectivity index (χ2v) is 10.0. The van der Waals surface area contributed by atoms with Crippen molar-refractivity contribution >= 4 is 28.8 Å². The number of halogens is 1. The molecule has 6 nitrogen and oxygen atoms in total. The summed E-state index contributed by atoms with van der Waals surface area (Å²) in [4.78, 5) is 14.4. The van der Waals surface area contributed by atoms with E-state index in [4.69, 9.17) is 21.6 Å². The highest BCUT2D eigenvalue weighted by Gasteiger charge is 2.20. The predicted octanol–water partition coefficient (Wildman–Crippen LogP) is 6.35. The molecule has 2 aliphatic rings. The summed E-state index contributed by atoms with van der Waals surface area (Å²) >= 11 is 6.13. The summed E-state index contributed by atoms with van der Waals surface area (Å²) < 4.78 is 0. The molecule has 0 bridgehead atoms. The van der Waals surface area contributed by atoms with Crippen LogP contribution in [0.5, 0.6) is 0 Å². The van der Waals surface area contributed by atoms with Crippen molar-refractivity contribution in [2.45, 2.75) is 59.5 Å². The molecule has 4 rings (SSSR count). The third-order valence-electron chi connectivity index (χ3n) is 6.64. The van der Waals surface area contributed by atoms with Crippen LogP contribution in [0.2, 0.25) is 5.02 Å². The molecule has 0 spiro atoms. The number of nitrogens with one attached hydrogen (secondary N) is 2. The van der Waals surface area contributed by atoms with E-state index in [-0.39, 0.29) is 6.04 Å². The van der Waals surface area contributed by atoms with Crippen LogP contribution in [-0.4, -0.2) is 60.7 Å². The van der Waals surface area contributed by atoms with Crippen LogP contribution in [0.1, 0.15) is 63.4 Å². The van der Waals surface area contributed by atoms with Gasteiger partial charge in [-0.3, -0.25) is 0 Å². The van der Waals surface area contributed by atoms with Gasteiger partial charge in [-0.15, -0.1) is 13.2 Å². The Hall–Kier alpha value is -2.41. The number of allylic oxidation sites excluding steroid dienone is 2. The van der Waals surface area contributed by atoms with Crippen LogP contribution in [0.15, 0.2) is 43.6 Å². The zero-order valence-corrected chi connectivity index (χ0v) is 23.8. The number of likely N-dealkylation sites (tertiary alicyclic amines) is 1. The van der Waals surface area contributed by atoms with E-state index in [1.54, 1.807) is 0 Å². The number of aryl methyl sites for hydroxylation is 1. The first-order valence-corrected chi connectivity index (χ1v) is 13.4. The molecule has 2 fully saturated rings. The smallest absolute Gasteiger partial charge is 0.155 e. The Morgan fingerprint density at radius 1 is 1.25 bits per heavy atom. The number of aromatic nitrogens is 2. The highest BCUT2D eigenvalue weighted by atomic mass is 35.5. The number of nitrogens with zero attached hydrogens (tertiary/aromatic N) is 4. The summed E-state index contributed by atoms with van der Waals surface area (Å²) in [7, 11) is 2.17. The van der Waals surface area contributed by atoms with Crippen LogP contribution in [0.25, 0.3) is 5.57 Å². The number of benzene rings is 1.